The third-order valence-electron chi connectivity index (χ3n) is 6.19. The summed E-state index contributed by atoms with van der Waals surface area (Å²) in [7, 11) is 5.11. The molecule has 4 rings (SSSR count). The molecular formula is C25H29ClN4O3. The lowest BCUT2D eigenvalue weighted by atomic mass is 10.1. The van der Waals surface area contributed by atoms with Gasteiger partial charge in [0.1, 0.15) is 12.3 Å². The van der Waals surface area contributed by atoms with E-state index in [0.29, 0.717) is 36.8 Å². The Bertz CT molecular complexity index is 1200. The minimum Gasteiger partial charge on any atom is -0.495 e. The molecule has 0 atom stereocenters. The monoisotopic (exact) mass is 468 g/mol. The van der Waals surface area contributed by atoms with Crippen molar-refractivity contribution in [3.8, 4) is 5.75 Å². The van der Waals surface area contributed by atoms with Gasteiger partial charge in [-0.15, -0.1) is 0 Å². The Morgan fingerprint density at radius 3 is 2.45 bits per heavy atom. The number of ether oxygens (including phenoxy) is 1. The SMILES string of the molecule is COc1ccccc1N1CCN(C(=O)c2cn(CC(=O)N(C)C)c3cc(Cl)c(C)cc23)CC1. The van der Waals surface area contributed by atoms with Crippen LogP contribution in [0.25, 0.3) is 10.9 Å². The van der Waals surface area contributed by atoms with Crippen molar-refractivity contribution in [3.63, 3.8) is 0 Å². The molecule has 7 nitrogen and oxygen atoms in total. The first-order chi connectivity index (χ1) is 15.8. The van der Waals surface area contributed by atoms with E-state index in [2.05, 4.69) is 4.90 Å². The van der Waals surface area contributed by atoms with Crippen LogP contribution in [0.3, 0.4) is 0 Å². The zero-order valence-electron chi connectivity index (χ0n) is 19.5. The summed E-state index contributed by atoms with van der Waals surface area (Å²) in [5.41, 5.74) is 3.32. The van der Waals surface area contributed by atoms with Crippen LogP contribution in [0.15, 0.2) is 42.6 Å². The zero-order valence-corrected chi connectivity index (χ0v) is 20.2. The number of para-hydroxylation sites is 2. The number of anilines is 1. The lowest BCUT2D eigenvalue weighted by molar-refractivity contribution is -0.129. The minimum absolute atomic E-state index is 0.0301. The molecule has 0 saturated carbocycles. The lowest BCUT2D eigenvalue weighted by Gasteiger charge is -2.36. The summed E-state index contributed by atoms with van der Waals surface area (Å²) in [5.74, 6) is 0.753. The van der Waals surface area contributed by atoms with E-state index in [4.69, 9.17) is 16.3 Å². The number of methoxy groups -OCH3 is 1. The molecule has 33 heavy (non-hydrogen) atoms. The minimum atomic E-state index is -0.0481. The Labute approximate surface area is 199 Å². The van der Waals surface area contributed by atoms with Gasteiger partial charge >= 0.3 is 0 Å². The van der Waals surface area contributed by atoms with Crippen molar-refractivity contribution in [3.05, 3.63) is 58.7 Å². The number of aryl methyl sites for hydroxylation is 1. The molecule has 2 heterocycles. The Kier molecular flexibility index (Phi) is 6.51. The first-order valence-electron chi connectivity index (χ1n) is 11.0. The van der Waals surface area contributed by atoms with Crippen LogP contribution in [0, 0.1) is 6.92 Å². The van der Waals surface area contributed by atoms with Crippen LogP contribution in [-0.2, 0) is 11.3 Å². The molecule has 8 heteroatoms. The van der Waals surface area contributed by atoms with E-state index in [1.807, 2.05) is 52.8 Å². The van der Waals surface area contributed by atoms with Gasteiger partial charge in [0.05, 0.1) is 23.9 Å². The van der Waals surface area contributed by atoms with E-state index in [0.717, 1.165) is 27.9 Å². The van der Waals surface area contributed by atoms with Crippen molar-refractivity contribution in [2.75, 3.05) is 52.3 Å². The van der Waals surface area contributed by atoms with Crippen molar-refractivity contribution >= 4 is 40.0 Å². The maximum absolute atomic E-state index is 13.6. The van der Waals surface area contributed by atoms with Gasteiger partial charge < -0.3 is 24.0 Å². The number of nitrogens with zero attached hydrogens (tertiary/aromatic N) is 4. The number of benzene rings is 2. The van der Waals surface area contributed by atoms with Gasteiger partial charge in [-0.1, -0.05) is 23.7 Å². The topological polar surface area (TPSA) is 58.0 Å². The fourth-order valence-corrected chi connectivity index (χ4v) is 4.38. The van der Waals surface area contributed by atoms with Crippen molar-refractivity contribution < 1.29 is 14.3 Å². The molecule has 0 spiro atoms. The van der Waals surface area contributed by atoms with Crippen molar-refractivity contribution in [2.45, 2.75) is 13.5 Å². The van der Waals surface area contributed by atoms with Crippen LogP contribution in [0.5, 0.6) is 5.75 Å². The number of carbonyl (C=O) groups is 2. The molecule has 0 bridgehead atoms. The number of hydrogen-bond acceptors (Lipinski definition) is 4. The molecular weight excluding hydrogens is 440 g/mol. The Hall–Kier alpha value is -3.19. The Balaban J connectivity index is 1.59. The highest BCUT2D eigenvalue weighted by Crippen LogP contribution is 2.31. The normalized spacial score (nSPS) is 14.0. The lowest BCUT2D eigenvalue weighted by Crippen LogP contribution is -2.48. The highest BCUT2D eigenvalue weighted by Gasteiger charge is 2.26. The smallest absolute Gasteiger partial charge is 0.256 e. The fourth-order valence-electron chi connectivity index (χ4n) is 4.22. The maximum atomic E-state index is 13.6. The molecule has 1 aliphatic rings. The van der Waals surface area contributed by atoms with Gasteiger partial charge in [-0.05, 0) is 36.8 Å². The largest absolute Gasteiger partial charge is 0.495 e. The number of fused-ring (bicyclic) bond motifs is 1. The second-order valence-electron chi connectivity index (χ2n) is 8.53. The van der Waals surface area contributed by atoms with Crippen LogP contribution in [0.1, 0.15) is 15.9 Å². The third-order valence-corrected chi connectivity index (χ3v) is 6.60. The van der Waals surface area contributed by atoms with E-state index < -0.39 is 0 Å². The molecule has 0 radical (unpaired) electrons. The Morgan fingerprint density at radius 1 is 1.09 bits per heavy atom. The van der Waals surface area contributed by atoms with E-state index in [9.17, 15) is 9.59 Å². The molecule has 1 saturated heterocycles. The molecule has 0 N–H and O–H groups in total. The number of likely N-dealkylation sites (N-methyl/N-ethyl adjacent to an activating group) is 1. The molecule has 0 aliphatic carbocycles. The Morgan fingerprint density at radius 2 is 1.79 bits per heavy atom. The first kappa shape index (κ1) is 23.0. The number of aromatic nitrogens is 1. The number of amides is 2. The summed E-state index contributed by atoms with van der Waals surface area (Å²) in [6.07, 6.45) is 1.79. The molecule has 2 aromatic carbocycles. The van der Waals surface area contributed by atoms with Crippen molar-refractivity contribution in [2.24, 2.45) is 0 Å². The molecule has 174 valence electrons. The molecule has 2 amide bonds. The number of halogens is 1. The van der Waals surface area contributed by atoms with E-state index >= 15 is 0 Å². The number of hydrogen-bond donors (Lipinski definition) is 0. The standard InChI is InChI=1S/C25H29ClN4O3/c1-17-13-18-19(15-30(16-24(31)27(2)3)22(18)14-20(17)26)25(32)29-11-9-28(10-12-29)21-7-5-6-8-23(21)33-4/h5-8,13-15H,9-12,16H2,1-4H3. The highest BCUT2D eigenvalue weighted by atomic mass is 35.5. The molecule has 3 aromatic rings. The van der Waals surface area contributed by atoms with Gasteiger partial charge in [0.15, 0.2) is 0 Å². The van der Waals surface area contributed by atoms with Gasteiger partial charge in [-0.25, -0.2) is 0 Å². The maximum Gasteiger partial charge on any atom is 0.256 e. The van der Waals surface area contributed by atoms with Crippen LogP contribution in [0.2, 0.25) is 5.02 Å². The second-order valence-corrected chi connectivity index (χ2v) is 8.94. The second kappa shape index (κ2) is 9.35. The van der Waals surface area contributed by atoms with Gasteiger partial charge in [0.25, 0.3) is 5.91 Å². The van der Waals surface area contributed by atoms with Gasteiger partial charge in [0.2, 0.25) is 5.91 Å². The zero-order chi connectivity index (χ0) is 23.7. The van der Waals surface area contributed by atoms with Crippen LogP contribution >= 0.6 is 11.6 Å². The van der Waals surface area contributed by atoms with Crippen LogP contribution in [-0.4, -0.2) is 73.6 Å². The summed E-state index contributed by atoms with van der Waals surface area (Å²) in [6, 6.07) is 11.7. The molecule has 1 fully saturated rings. The molecule has 0 unspecified atom stereocenters. The summed E-state index contributed by atoms with van der Waals surface area (Å²) >= 11 is 6.38. The van der Waals surface area contributed by atoms with Crippen LogP contribution in [0.4, 0.5) is 5.69 Å². The summed E-state index contributed by atoms with van der Waals surface area (Å²) < 4.78 is 7.32. The van der Waals surface area contributed by atoms with E-state index in [1.165, 1.54) is 0 Å². The fraction of sp³-hybridized carbons (Fsp3) is 0.360. The summed E-state index contributed by atoms with van der Waals surface area (Å²) in [5, 5.41) is 1.43. The van der Waals surface area contributed by atoms with Gasteiger partial charge in [0, 0.05) is 56.9 Å². The van der Waals surface area contributed by atoms with E-state index in [1.54, 1.807) is 32.3 Å². The predicted octanol–water partition coefficient (Wildman–Crippen LogP) is 3.66. The third kappa shape index (κ3) is 4.50. The van der Waals surface area contributed by atoms with Gasteiger partial charge in [-0.2, -0.15) is 0 Å². The number of piperazine rings is 1. The summed E-state index contributed by atoms with van der Waals surface area (Å²) in [6.45, 7) is 4.71. The number of carbonyl (C=O) groups excluding carboxylic acids is 2. The average Bonchev–Trinajstić information content (AvgIpc) is 3.15. The van der Waals surface area contributed by atoms with Crippen molar-refractivity contribution in [1.82, 2.24) is 14.4 Å². The number of rotatable bonds is 5. The quantitative estimate of drug-likeness (QED) is 0.573. The molecule has 1 aliphatic heterocycles. The summed E-state index contributed by atoms with van der Waals surface area (Å²) in [4.78, 5) is 31.6. The van der Waals surface area contributed by atoms with Crippen LogP contribution < -0.4 is 9.64 Å². The average molecular weight is 469 g/mol. The molecule has 1 aromatic heterocycles. The first-order valence-corrected chi connectivity index (χ1v) is 11.3. The highest BCUT2D eigenvalue weighted by molar-refractivity contribution is 6.32. The van der Waals surface area contributed by atoms with E-state index in [-0.39, 0.29) is 18.4 Å². The van der Waals surface area contributed by atoms with Crippen molar-refractivity contribution in [1.29, 1.82) is 0 Å². The van der Waals surface area contributed by atoms with Gasteiger partial charge in [-0.3, -0.25) is 9.59 Å². The predicted molar refractivity (Wildman–Crippen MR) is 131 cm³/mol.